The second-order valence-electron chi connectivity index (χ2n) is 1.36. The minimum atomic E-state index is 1.24. The molecule has 0 N–H and O–H groups in total. The molecular weight excluding hydrogens is 169 g/mol. The molecular formula is C5H6NPS2. The molecule has 48 valence electrons. The Bertz CT molecular complexity index is 168. The summed E-state index contributed by atoms with van der Waals surface area (Å²) in [6.45, 7) is 0. The van der Waals surface area contributed by atoms with Crippen molar-refractivity contribution < 1.29 is 0 Å². The molecule has 0 saturated heterocycles. The normalized spacial score (nSPS) is 9.44. The van der Waals surface area contributed by atoms with Gasteiger partial charge in [-0.25, -0.2) is 0 Å². The average molecular weight is 175 g/mol. The Kier molecular flexibility index (Phi) is 3.41. The molecule has 1 nitrogen and oxygen atoms in total. The molecule has 0 amide bonds. The smallest absolute Gasteiger partial charge is 0.0279 e. The summed E-state index contributed by atoms with van der Waals surface area (Å²) in [6.07, 6.45) is 3.59. The Hall–Kier alpha value is 0.280. The van der Waals surface area contributed by atoms with E-state index in [9.17, 15) is 0 Å². The third-order valence-electron chi connectivity index (χ3n) is 0.794. The van der Waals surface area contributed by atoms with E-state index in [1.54, 1.807) is 33.6 Å². The van der Waals surface area contributed by atoms with Gasteiger partial charge in [0.1, 0.15) is 0 Å². The SMILES string of the molecule is PSSc1ccncc1. The maximum Gasteiger partial charge on any atom is 0.0279 e. The maximum atomic E-state index is 3.90. The summed E-state index contributed by atoms with van der Waals surface area (Å²) in [5, 5.41) is 0. The first-order valence-electron chi connectivity index (χ1n) is 2.37. The van der Waals surface area contributed by atoms with Crippen LogP contribution in [0.1, 0.15) is 0 Å². The van der Waals surface area contributed by atoms with E-state index in [1.807, 2.05) is 12.1 Å². The lowest BCUT2D eigenvalue weighted by molar-refractivity contribution is 1.27. The van der Waals surface area contributed by atoms with Crippen molar-refractivity contribution in [1.29, 1.82) is 0 Å². The van der Waals surface area contributed by atoms with Crippen molar-refractivity contribution in [2.24, 2.45) is 0 Å². The molecule has 1 heterocycles. The minimum absolute atomic E-state index is 1.24. The zero-order valence-electron chi connectivity index (χ0n) is 4.65. The highest BCUT2D eigenvalue weighted by atomic mass is 33.3. The molecule has 4 heteroatoms. The molecule has 9 heavy (non-hydrogen) atoms. The Morgan fingerprint density at radius 1 is 1.33 bits per heavy atom. The first-order valence-corrected chi connectivity index (χ1v) is 5.99. The van der Waals surface area contributed by atoms with Gasteiger partial charge in [0.2, 0.25) is 0 Å². The standard InChI is InChI=1S/C5H6NPS2/c7-9-8-5-1-3-6-4-2-5/h1-4H,7H2. The van der Waals surface area contributed by atoms with Gasteiger partial charge < -0.3 is 0 Å². The average Bonchev–Trinajstić information content (AvgIpc) is 1.91. The summed E-state index contributed by atoms with van der Waals surface area (Å²) in [6, 6.07) is 3.98. The zero-order chi connectivity index (χ0) is 6.53. The third-order valence-corrected chi connectivity index (χ3v) is 3.09. The van der Waals surface area contributed by atoms with Gasteiger partial charge in [-0.15, -0.1) is 0 Å². The fraction of sp³-hybridized carbons (Fsp3) is 0. The van der Waals surface area contributed by atoms with Crippen LogP contribution in [0.3, 0.4) is 0 Å². The summed E-state index contributed by atoms with van der Waals surface area (Å²) >= 11 is 0. The summed E-state index contributed by atoms with van der Waals surface area (Å²) < 4.78 is 0. The molecule has 1 aromatic rings. The molecule has 0 aliphatic heterocycles. The monoisotopic (exact) mass is 175 g/mol. The summed E-state index contributed by atoms with van der Waals surface area (Å²) in [4.78, 5) is 5.14. The summed E-state index contributed by atoms with van der Waals surface area (Å²) in [5.41, 5.74) is 0. The van der Waals surface area contributed by atoms with Crippen molar-refractivity contribution in [3.05, 3.63) is 24.5 Å². The van der Waals surface area contributed by atoms with Crippen molar-refractivity contribution in [1.82, 2.24) is 4.98 Å². The number of rotatable bonds is 2. The number of hydrogen-bond acceptors (Lipinski definition) is 3. The fourth-order valence-corrected chi connectivity index (χ4v) is 2.46. The lowest BCUT2D eigenvalue weighted by Gasteiger charge is -1.91. The van der Waals surface area contributed by atoms with Crippen molar-refractivity contribution in [3.8, 4) is 0 Å². The van der Waals surface area contributed by atoms with Gasteiger partial charge in [-0.05, 0) is 12.1 Å². The lowest BCUT2D eigenvalue weighted by Crippen LogP contribution is -1.67. The molecule has 1 rings (SSSR count). The highest BCUT2D eigenvalue weighted by Gasteiger charge is 1.86. The predicted molar refractivity (Wildman–Crippen MR) is 47.4 cm³/mol. The van der Waals surface area contributed by atoms with E-state index in [1.165, 1.54) is 4.90 Å². The number of nitrogens with zero attached hydrogens (tertiary/aromatic N) is 1. The minimum Gasteiger partial charge on any atom is -0.265 e. The molecule has 1 aromatic heterocycles. The van der Waals surface area contributed by atoms with Gasteiger partial charge in [-0.2, -0.15) is 0 Å². The second-order valence-corrected chi connectivity index (χ2v) is 5.00. The first-order chi connectivity index (χ1) is 4.43. The number of hydrogen-bond donors (Lipinski definition) is 0. The van der Waals surface area contributed by atoms with Crippen LogP contribution in [0, 0.1) is 0 Å². The van der Waals surface area contributed by atoms with Gasteiger partial charge in [0.25, 0.3) is 0 Å². The molecule has 0 bridgehead atoms. The van der Waals surface area contributed by atoms with Gasteiger partial charge in [-0.3, -0.25) is 4.98 Å². The Labute approximate surface area is 64.4 Å². The maximum absolute atomic E-state index is 3.90. The van der Waals surface area contributed by atoms with E-state index >= 15 is 0 Å². The van der Waals surface area contributed by atoms with E-state index in [-0.39, 0.29) is 0 Å². The lowest BCUT2D eigenvalue weighted by atomic mass is 10.5. The molecule has 0 spiro atoms. The van der Waals surface area contributed by atoms with Crippen LogP contribution < -0.4 is 0 Å². The second kappa shape index (κ2) is 4.15. The van der Waals surface area contributed by atoms with E-state index in [0.717, 1.165) is 0 Å². The third kappa shape index (κ3) is 2.57. The molecule has 0 aromatic carbocycles. The molecule has 0 aliphatic rings. The van der Waals surface area contributed by atoms with E-state index in [2.05, 4.69) is 13.4 Å². The largest absolute Gasteiger partial charge is 0.265 e. The van der Waals surface area contributed by atoms with Crippen molar-refractivity contribution in [2.75, 3.05) is 0 Å². The van der Waals surface area contributed by atoms with Gasteiger partial charge >= 0.3 is 0 Å². The Morgan fingerprint density at radius 3 is 2.56 bits per heavy atom. The van der Waals surface area contributed by atoms with E-state index < -0.39 is 0 Å². The molecule has 0 radical (unpaired) electrons. The van der Waals surface area contributed by atoms with Gasteiger partial charge in [0.05, 0.1) is 0 Å². The van der Waals surface area contributed by atoms with Crippen LogP contribution in [0.5, 0.6) is 0 Å². The van der Waals surface area contributed by atoms with Crippen LogP contribution in [0.15, 0.2) is 29.4 Å². The predicted octanol–water partition coefficient (Wildman–Crippen LogP) is 2.61. The zero-order valence-corrected chi connectivity index (χ0v) is 7.44. The molecule has 0 saturated carbocycles. The van der Waals surface area contributed by atoms with Crippen molar-refractivity contribution >= 4 is 29.6 Å². The topological polar surface area (TPSA) is 12.9 Å². The van der Waals surface area contributed by atoms with Crippen LogP contribution in [0.2, 0.25) is 0 Å². The molecule has 0 aliphatic carbocycles. The number of aromatic nitrogens is 1. The fourth-order valence-electron chi connectivity index (χ4n) is 0.449. The quantitative estimate of drug-likeness (QED) is 0.506. The molecule has 1 unspecified atom stereocenters. The summed E-state index contributed by atoms with van der Waals surface area (Å²) in [7, 11) is 5.96. The number of pyridine rings is 1. The van der Waals surface area contributed by atoms with Crippen LogP contribution in [-0.2, 0) is 0 Å². The first kappa shape index (κ1) is 7.39. The highest BCUT2D eigenvalue weighted by molar-refractivity contribution is 8.94. The van der Waals surface area contributed by atoms with E-state index in [0.29, 0.717) is 0 Å². The van der Waals surface area contributed by atoms with Crippen LogP contribution in [0.4, 0.5) is 0 Å². The Balaban J connectivity index is 2.61. The van der Waals surface area contributed by atoms with Crippen LogP contribution >= 0.6 is 29.6 Å². The van der Waals surface area contributed by atoms with Crippen LogP contribution in [-0.4, -0.2) is 4.98 Å². The van der Waals surface area contributed by atoms with Gasteiger partial charge in [-0.1, -0.05) is 29.6 Å². The van der Waals surface area contributed by atoms with Crippen LogP contribution in [0.25, 0.3) is 0 Å². The van der Waals surface area contributed by atoms with Gasteiger partial charge in [0, 0.05) is 17.3 Å². The van der Waals surface area contributed by atoms with Gasteiger partial charge in [0.15, 0.2) is 0 Å². The highest BCUT2D eigenvalue weighted by Crippen LogP contribution is 2.34. The van der Waals surface area contributed by atoms with Crippen molar-refractivity contribution in [2.45, 2.75) is 4.90 Å². The summed E-state index contributed by atoms with van der Waals surface area (Å²) in [5.74, 6) is 0. The molecule has 0 fully saturated rings. The van der Waals surface area contributed by atoms with E-state index in [4.69, 9.17) is 0 Å². The molecule has 1 atom stereocenters. The Morgan fingerprint density at radius 2 is 2.00 bits per heavy atom. The van der Waals surface area contributed by atoms with Crippen molar-refractivity contribution in [3.63, 3.8) is 0 Å².